The van der Waals surface area contributed by atoms with E-state index in [2.05, 4.69) is 20.3 Å². The average Bonchev–Trinajstić information content (AvgIpc) is 3.52. The van der Waals surface area contributed by atoms with Crippen molar-refractivity contribution in [3.05, 3.63) is 50.6 Å². The number of carbonyl (C=O) groups excluding carboxylic acids is 1. The number of H-pyrrole nitrogens is 1. The number of carboxylic acids is 1. The lowest BCUT2D eigenvalue weighted by Gasteiger charge is -2.34. The van der Waals surface area contributed by atoms with Gasteiger partial charge in [-0.3, -0.25) is 4.79 Å². The highest BCUT2D eigenvalue weighted by molar-refractivity contribution is 7.22. The van der Waals surface area contributed by atoms with Crippen LogP contribution in [0.2, 0.25) is 10.0 Å². The number of nitrogens with one attached hydrogen (secondary N) is 2. The minimum atomic E-state index is -1.40. The smallest absolute Gasteiger partial charge is 0.348 e. The van der Waals surface area contributed by atoms with Crippen LogP contribution >= 0.6 is 45.9 Å². The first-order chi connectivity index (χ1) is 16.7. The summed E-state index contributed by atoms with van der Waals surface area (Å²) in [6, 6.07) is 6.77. The van der Waals surface area contributed by atoms with Crippen LogP contribution in [-0.2, 0) is 0 Å². The molecule has 0 radical (unpaired) electrons. The third-order valence-corrected chi connectivity index (χ3v) is 8.81. The SMILES string of the molecule is Cc1[nH]c(C(=O)N[C@@H]2CCN(c3nc(-c4nc5ccccc5s4)c(C(=O)O)s3)C[C@@H]2F)c(Cl)c1Cl. The van der Waals surface area contributed by atoms with Crippen molar-refractivity contribution in [2.75, 3.05) is 18.0 Å². The van der Waals surface area contributed by atoms with E-state index in [1.807, 2.05) is 24.3 Å². The van der Waals surface area contributed by atoms with Crippen LogP contribution in [0.4, 0.5) is 9.52 Å². The average molecular weight is 554 g/mol. The monoisotopic (exact) mass is 553 g/mol. The normalized spacial score (nSPS) is 18.2. The van der Waals surface area contributed by atoms with Crippen LogP contribution in [0.15, 0.2) is 24.3 Å². The molecule has 0 bridgehead atoms. The molecule has 0 aliphatic carbocycles. The van der Waals surface area contributed by atoms with Gasteiger partial charge in [-0.25, -0.2) is 19.2 Å². The number of para-hydroxylation sites is 1. The van der Waals surface area contributed by atoms with Crippen molar-refractivity contribution in [3.8, 4) is 10.7 Å². The van der Waals surface area contributed by atoms with Crippen molar-refractivity contribution in [2.45, 2.75) is 25.6 Å². The van der Waals surface area contributed by atoms with Gasteiger partial charge in [0.25, 0.3) is 5.91 Å². The van der Waals surface area contributed by atoms with Crippen LogP contribution < -0.4 is 10.2 Å². The van der Waals surface area contributed by atoms with Gasteiger partial charge in [0.15, 0.2) is 5.13 Å². The number of aryl methyl sites for hydroxylation is 1. The van der Waals surface area contributed by atoms with E-state index in [0.717, 1.165) is 21.6 Å². The number of anilines is 1. The van der Waals surface area contributed by atoms with Gasteiger partial charge < -0.3 is 20.3 Å². The predicted octanol–water partition coefficient (Wildman–Crippen LogP) is 5.41. The molecule has 2 atom stereocenters. The molecule has 1 aliphatic heterocycles. The molecular formula is C22H18Cl2FN5O3S2. The minimum Gasteiger partial charge on any atom is -0.477 e. The molecule has 13 heteroatoms. The second-order valence-electron chi connectivity index (χ2n) is 8.05. The third-order valence-electron chi connectivity index (χ3n) is 5.72. The number of alkyl halides is 1. The lowest BCUT2D eigenvalue weighted by molar-refractivity contribution is 0.0702. The van der Waals surface area contributed by atoms with E-state index in [-0.39, 0.29) is 32.9 Å². The molecule has 0 spiro atoms. The Balaban J connectivity index is 1.34. The summed E-state index contributed by atoms with van der Waals surface area (Å²) in [6.07, 6.45) is -1.10. The second kappa shape index (κ2) is 9.38. The van der Waals surface area contributed by atoms with Crippen molar-refractivity contribution >= 4 is 73.1 Å². The fraction of sp³-hybridized carbons (Fsp3) is 0.273. The lowest BCUT2D eigenvalue weighted by atomic mass is 10.0. The van der Waals surface area contributed by atoms with E-state index in [1.54, 1.807) is 11.8 Å². The molecule has 4 heterocycles. The number of benzene rings is 1. The number of thiazole rings is 2. The van der Waals surface area contributed by atoms with Crippen LogP contribution in [0.3, 0.4) is 0 Å². The number of fused-ring (bicyclic) bond motifs is 1. The van der Waals surface area contributed by atoms with Crippen molar-refractivity contribution in [1.82, 2.24) is 20.3 Å². The summed E-state index contributed by atoms with van der Waals surface area (Å²) in [5.74, 6) is -1.65. The minimum absolute atomic E-state index is 0.0466. The number of hydrogen-bond donors (Lipinski definition) is 3. The van der Waals surface area contributed by atoms with Gasteiger partial charge >= 0.3 is 5.97 Å². The molecular weight excluding hydrogens is 536 g/mol. The molecule has 35 heavy (non-hydrogen) atoms. The first kappa shape index (κ1) is 24.0. The van der Waals surface area contributed by atoms with E-state index in [0.29, 0.717) is 28.8 Å². The number of aromatic amines is 1. The molecule has 3 N–H and O–H groups in total. The summed E-state index contributed by atoms with van der Waals surface area (Å²) in [5, 5.41) is 13.7. The maximum absolute atomic E-state index is 15.1. The highest BCUT2D eigenvalue weighted by Gasteiger charge is 2.34. The van der Waals surface area contributed by atoms with Crippen LogP contribution in [-0.4, -0.2) is 57.2 Å². The van der Waals surface area contributed by atoms with E-state index in [9.17, 15) is 14.7 Å². The van der Waals surface area contributed by atoms with Crippen molar-refractivity contribution in [1.29, 1.82) is 0 Å². The molecule has 5 rings (SSSR count). The molecule has 4 aromatic rings. The molecule has 0 unspecified atom stereocenters. The number of rotatable bonds is 5. The number of piperidine rings is 1. The first-order valence-corrected chi connectivity index (χ1v) is 12.9. The number of aromatic nitrogens is 3. The van der Waals surface area contributed by atoms with Crippen LogP contribution in [0.25, 0.3) is 20.9 Å². The van der Waals surface area contributed by atoms with Gasteiger partial charge in [-0.15, -0.1) is 11.3 Å². The number of amides is 1. The number of hydrogen-bond acceptors (Lipinski definition) is 7. The highest BCUT2D eigenvalue weighted by Crippen LogP contribution is 2.38. The standard InChI is InChI=1S/C22H18Cl2FN5O3S2/c1-9-14(23)15(24)16(26-9)19(31)27-11-6-7-30(8-10(11)25)22-29-17(18(35-22)21(32)33)20-28-12-4-2-3-5-13(12)34-20/h2-5,10-11,26H,6-8H2,1H3,(H,27,31)(H,32,33)/t10-,11+/m0/s1. The summed E-state index contributed by atoms with van der Waals surface area (Å²) < 4.78 is 16.0. The zero-order chi connectivity index (χ0) is 24.9. The van der Waals surface area contributed by atoms with Gasteiger partial charge in [-0.2, -0.15) is 0 Å². The summed E-state index contributed by atoms with van der Waals surface area (Å²) in [6.45, 7) is 2.02. The Labute approximate surface area is 216 Å². The fourth-order valence-corrected chi connectivity index (χ4v) is 6.30. The first-order valence-electron chi connectivity index (χ1n) is 10.6. The Morgan fingerprint density at radius 3 is 2.66 bits per heavy atom. The largest absolute Gasteiger partial charge is 0.477 e. The molecule has 8 nitrogen and oxygen atoms in total. The molecule has 1 amide bonds. The molecule has 0 saturated carbocycles. The quantitative estimate of drug-likeness (QED) is 0.304. The highest BCUT2D eigenvalue weighted by atomic mass is 35.5. The number of halogens is 3. The Bertz CT molecular complexity index is 1420. The summed E-state index contributed by atoms with van der Waals surface area (Å²) in [4.78, 5) is 38.1. The van der Waals surface area contributed by atoms with Gasteiger partial charge in [0.05, 0.1) is 32.8 Å². The maximum atomic E-state index is 15.1. The predicted molar refractivity (Wildman–Crippen MR) is 136 cm³/mol. The van der Waals surface area contributed by atoms with Crippen LogP contribution in [0.5, 0.6) is 0 Å². The lowest BCUT2D eigenvalue weighted by Crippen LogP contribution is -2.52. The fourth-order valence-electron chi connectivity index (χ4n) is 3.92. The van der Waals surface area contributed by atoms with Crippen molar-refractivity contribution in [3.63, 3.8) is 0 Å². The number of carboxylic acid groups (broad SMARTS) is 1. The van der Waals surface area contributed by atoms with Gasteiger partial charge in [0.2, 0.25) is 0 Å². The molecule has 1 saturated heterocycles. The number of nitrogens with zero attached hydrogens (tertiary/aromatic N) is 3. The summed E-state index contributed by atoms with van der Waals surface area (Å²) in [7, 11) is 0. The van der Waals surface area contributed by atoms with Crippen molar-refractivity contribution in [2.24, 2.45) is 0 Å². The van der Waals surface area contributed by atoms with Crippen LogP contribution in [0.1, 0.15) is 32.3 Å². The van der Waals surface area contributed by atoms with E-state index < -0.39 is 24.1 Å². The maximum Gasteiger partial charge on any atom is 0.348 e. The van der Waals surface area contributed by atoms with E-state index in [4.69, 9.17) is 23.2 Å². The van der Waals surface area contributed by atoms with Crippen LogP contribution in [0, 0.1) is 6.92 Å². The molecule has 3 aromatic heterocycles. The molecule has 182 valence electrons. The van der Waals surface area contributed by atoms with Crippen molar-refractivity contribution < 1.29 is 19.1 Å². The zero-order valence-corrected chi connectivity index (χ0v) is 21.3. The third kappa shape index (κ3) is 4.49. The van der Waals surface area contributed by atoms with E-state index >= 15 is 4.39 Å². The van der Waals surface area contributed by atoms with Gasteiger partial charge in [-0.05, 0) is 25.5 Å². The Morgan fingerprint density at radius 2 is 2.00 bits per heavy atom. The molecule has 1 aliphatic rings. The van der Waals surface area contributed by atoms with Gasteiger partial charge in [0.1, 0.15) is 27.4 Å². The Hall–Kier alpha value is -2.73. The summed E-state index contributed by atoms with van der Waals surface area (Å²) in [5.41, 5.74) is 1.68. The zero-order valence-electron chi connectivity index (χ0n) is 18.1. The Kier molecular flexibility index (Phi) is 6.43. The van der Waals surface area contributed by atoms with E-state index in [1.165, 1.54) is 11.3 Å². The number of aromatic carboxylic acids is 1. The van der Waals surface area contributed by atoms with Gasteiger partial charge in [0, 0.05) is 12.2 Å². The molecule has 1 fully saturated rings. The molecule has 1 aromatic carbocycles. The topological polar surface area (TPSA) is 111 Å². The van der Waals surface area contributed by atoms with Gasteiger partial charge in [-0.1, -0.05) is 46.7 Å². The summed E-state index contributed by atoms with van der Waals surface area (Å²) >= 11 is 14.5. The Morgan fingerprint density at radius 1 is 1.23 bits per heavy atom. The number of carbonyl (C=O) groups is 2. The second-order valence-corrected chi connectivity index (χ2v) is 10.8.